The molecule has 6 heteroatoms. The van der Waals surface area contributed by atoms with Gasteiger partial charge in [-0.1, -0.05) is 12.1 Å². The molecule has 0 radical (unpaired) electrons. The summed E-state index contributed by atoms with van der Waals surface area (Å²) in [4.78, 5) is 0. The third-order valence-corrected chi connectivity index (χ3v) is 6.84. The van der Waals surface area contributed by atoms with Crippen molar-refractivity contribution in [3.05, 3.63) is 29.8 Å². The molecule has 1 aliphatic carbocycles. The Labute approximate surface area is 148 Å². The van der Waals surface area contributed by atoms with Gasteiger partial charge in [-0.2, -0.15) is 0 Å². The van der Waals surface area contributed by atoms with Crippen LogP contribution < -0.4 is 4.74 Å². The molecule has 0 heterocycles. The zero-order chi connectivity index (χ0) is 16.0. The summed E-state index contributed by atoms with van der Waals surface area (Å²) in [5.41, 5.74) is 1.40. The highest BCUT2D eigenvalue weighted by molar-refractivity contribution is 7.64. The Morgan fingerprint density at radius 2 is 1.68 bits per heavy atom. The second-order valence-corrected chi connectivity index (χ2v) is 15.1. The normalized spacial score (nSPS) is 22.5. The molecule has 124 valence electrons. The molecule has 2 nitrogen and oxygen atoms in total. The third-order valence-electron chi connectivity index (χ3n) is 4.22. The van der Waals surface area contributed by atoms with Gasteiger partial charge in [-0.05, 0) is 61.8 Å². The summed E-state index contributed by atoms with van der Waals surface area (Å²) >= 11 is 17.6. The second-order valence-electron chi connectivity index (χ2n) is 5.84. The number of methoxy groups -OCH3 is 1. The van der Waals surface area contributed by atoms with Crippen LogP contribution in [0.1, 0.15) is 43.6 Å². The fourth-order valence-corrected chi connectivity index (χ4v) is 4.71. The van der Waals surface area contributed by atoms with Crippen molar-refractivity contribution in [3.63, 3.8) is 0 Å². The smallest absolute Gasteiger partial charge is 0.341 e. The highest BCUT2D eigenvalue weighted by Gasteiger charge is 2.25. The lowest BCUT2D eigenvalue weighted by molar-refractivity contribution is 0.0251. The summed E-state index contributed by atoms with van der Waals surface area (Å²) in [5, 5.41) is 0. The van der Waals surface area contributed by atoms with Gasteiger partial charge in [-0.25, -0.2) is 0 Å². The van der Waals surface area contributed by atoms with E-state index in [9.17, 15) is 0 Å². The number of ether oxygens (including phenoxy) is 2. The molecule has 1 fully saturated rings. The first-order valence-electron chi connectivity index (χ1n) is 7.80. The number of hydrogen-bond acceptors (Lipinski definition) is 2. The van der Waals surface area contributed by atoms with Gasteiger partial charge in [0.25, 0.3) is 0 Å². The van der Waals surface area contributed by atoms with E-state index in [0.29, 0.717) is 24.7 Å². The molecule has 0 atom stereocenters. The Balaban J connectivity index is 1.69. The molecule has 22 heavy (non-hydrogen) atoms. The molecule has 0 amide bonds. The maximum Gasteiger partial charge on any atom is 0.341 e. The Bertz CT molecular complexity index is 440. The van der Waals surface area contributed by atoms with Crippen molar-refractivity contribution in [2.75, 3.05) is 13.7 Å². The standard InChI is InChI=1S/C16H23Cl3O2Si/c1-20-15-7-3-13(4-8-15)14-5-9-16(10-6-14)21-11-2-12-22(17,18)19/h3-4,7-8,14,16H,2,5-6,9-12H2,1H3. The molecule has 0 spiro atoms. The number of benzene rings is 1. The molecule has 2 rings (SSSR count). The van der Waals surface area contributed by atoms with E-state index in [1.165, 1.54) is 18.4 Å². The van der Waals surface area contributed by atoms with Crippen LogP contribution in [0.15, 0.2) is 24.3 Å². The Hall–Kier alpha value is 0.0669. The maximum absolute atomic E-state index is 5.93. The van der Waals surface area contributed by atoms with Crippen molar-refractivity contribution in [3.8, 4) is 5.75 Å². The number of rotatable bonds is 7. The average molecular weight is 382 g/mol. The average Bonchev–Trinajstić information content (AvgIpc) is 2.51. The first-order chi connectivity index (χ1) is 10.5. The van der Waals surface area contributed by atoms with E-state index in [0.717, 1.165) is 25.0 Å². The van der Waals surface area contributed by atoms with Gasteiger partial charge in [0.15, 0.2) is 0 Å². The molecule has 1 aliphatic rings. The predicted octanol–water partition coefficient (Wildman–Crippen LogP) is 5.78. The molecule has 0 unspecified atom stereocenters. The maximum atomic E-state index is 5.93. The van der Waals surface area contributed by atoms with Gasteiger partial charge in [0.05, 0.1) is 13.2 Å². The minimum absolute atomic E-state index is 0.367. The SMILES string of the molecule is COc1ccc(C2CCC(OCCC[Si](Cl)(Cl)Cl)CC2)cc1. The Kier molecular flexibility index (Phi) is 7.35. The minimum Gasteiger partial charge on any atom is -0.497 e. The lowest BCUT2D eigenvalue weighted by atomic mass is 9.83. The van der Waals surface area contributed by atoms with Crippen LogP contribution in [-0.4, -0.2) is 25.8 Å². The lowest BCUT2D eigenvalue weighted by Crippen LogP contribution is -2.22. The van der Waals surface area contributed by atoms with E-state index in [1.54, 1.807) is 7.11 Å². The molecule has 0 aliphatic heterocycles. The van der Waals surface area contributed by atoms with Crippen molar-refractivity contribution in [1.82, 2.24) is 0 Å². The van der Waals surface area contributed by atoms with Crippen LogP contribution in [0, 0.1) is 0 Å². The third kappa shape index (κ3) is 6.29. The van der Waals surface area contributed by atoms with Crippen LogP contribution in [0.4, 0.5) is 0 Å². The van der Waals surface area contributed by atoms with E-state index in [-0.39, 0.29) is 0 Å². The highest BCUT2D eigenvalue weighted by atomic mass is 35.8. The second kappa shape index (κ2) is 8.79. The van der Waals surface area contributed by atoms with Crippen LogP contribution in [0.2, 0.25) is 6.04 Å². The summed E-state index contributed by atoms with van der Waals surface area (Å²) < 4.78 is 11.1. The van der Waals surface area contributed by atoms with Gasteiger partial charge in [0, 0.05) is 6.61 Å². The topological polar surface area (TPSA) is 18.5 Å². The molecular weight excluding hydrogens is 359 g/mol. The van der Waals surface area contributed by atoms with Gasteiger partial charge in [0.1, 0.15) is 5.75 Å². The van der Waals surface area contributed by atoms with E-state index in [4.69, 9.17) is 42.7 Å². The summed E-state index contributed by atoms with van der Waals surface area (Å²) in [6.07, 6.45) is 5.80. The zero-order valence-corrected chi connectivity index (χ0v) is 16.1. The summed E-state index contributed by atoms with van der Waals surface area (Å²) in [7, 11) is 1.70. The monoisotopic (exact) mass is 380 g/mol. The quantitative estimate of drug-likeness (QED) is 0.338. The molecule has 1 saturated carbocycles. The number of halogens is 3. The van der Waals surface area contributed by atoms with Gasteiger partial charge in [0.2, 0.25) is 0 Å². The Morgan fingerprint density at radius 3 is 2.23 bits per heavy atom. The van der Waals surface area contributed by atoms with Gasteiger partial charge in [-0.15, -0.1) is 33.2 Å². The molecular formula is C16H23Cl3O2Si. The highest BCUT2D eigenvalue weighted by Crippen LogP contribution is 2.35. The van der Waals surface area contributed by atoms with Crippen molar-refractivity contribution < 1.29 is 9.47 Å². The molecule has 0 saturated heterocycles. The van der Waals surface area contributed by atoms with Crippen LogP contribution >= 0.6 is 33.2 Å². The van der Waals surface area contributed by atoms with Gasteiger partial charge >= 0.3 is 6.00 Å². The summed E-state index contributed by atoms with van der Waals surface area (Å²) in [6.45, 7) is 0.707. The zero-order valence-electron chi connectivity index (χ0n) is 12.9. The first-order valence-corrected chi connectivity index (χ1v) is 13.0. The number of hydrogen-bond donors (Lipinski definition) is 0. The predicted molar refractivity (Wildman–Crippen MR) is 96.7 cm³/mol. The van der Waals surface area contributed by atoms with Crippen LogP contribution in [0.25, 0.3) is 0 Å². The van der Waals surface area contributed by atoms with Crippen molar-refractivity contribution in [1.29, 1.82) is 0 Å². The Morgan fingerprint density at radius 1 is 1.05 bits per heavy atom. The molecule has 0 aromatic heterocycles. The summed E-state index contributed by atoms with van der Waals surface area (Å²) in [5.74, 6) is 1.55. The van der Waals surface area contributed by atoms with E-state index in [1.807, 2.05) is 12.1 Å². The molecule has 1 aromatic rings. The van der Waals surface area contributed by atoms with E-state index in [2.05, 4.69) is 12.1 Å². The summed E-state index contributed by atoms with van der Waals surface area (Å²) in [6, 6.07) is 6.63. The fraction of sp³-hybridized carbons (Fsp3) is 0.625. The van der Waals surface area contributed by atoms with Crippen molar-refractivity contribution in [2.24, 2.45) is 0 Å². The molecule has 1 aromatic carbocycles. The lowest BCUT2D eigenvalue weighted by Gasteiger charge is -2.29. The fourth-order valence-electron chi connectivity index (χ4n) is 2.96. The van der Waals surface area contributed by atoms with Crippen LogP contribution in [-0.2, 0) is 4.74 Å². The largest absolute Gasteiger partial charge is 0.497 e. The van der Waals surface area contributed by atoms with Gasteiger partial charge < -0.3 is 9.47 Å². The van der Waals surface area contributed by atoms with Crippen LogP contribution in [0.3, 0.4) is 0 Å². The first kappa shape index (κ1) is 18.4. The molecule has 0 N–H and O–H groups in total. The van der Waals surface area contributed by atoms with E-state index >= 15 is 0 Å². The van der Waals surface area contributed by atoms with Gasteiger partial charge in [-0.3, -0.25) is 0 Å². The van der Waals surface area contributed by atoms with Crippen LogP contribution in [0.5, 0.6) is 5.75 Å². The van der Waals surface area contributed by atoms with Crippen molar-refractivity contribution in [2.45, 2.75) is 50.2 Å². The van der Waals surface area contributed by atoms with E-state index < -0.39 is 6.00 Å². The molecule has 0 bridgehead atoms. The van der Waals surface area contributed by atoms with Crippen molar-refractivity contribution >= 4 is 39.2 Å². The minimum atomic E-state index is -2.48.